The number of benzene rings is 2. The van der Waals surface area contributed by atoms with Crippen LogP contribution in [0.4, 0.5) is 0 Å². The number of carbonyl (C=O) groups excluding carboxylic acids is 1. The Morgan fingerprint density at radius 3 is 2.75 bits per heavy atom. The molecule has 1 saturated heterocycles. The molecule has 2 heterocycles. The predicted molar refractivity (Wildman–Crippen MR) is 125 cm³/mol. The van der Waals surface area contributed by atoms with E-state index in [0.717, 1.165) is 41.6 Å². The van der Waals surface area contributed by atoms with Crippen LogP contribution in [0.15, 0.2) is 57.5 Å². The van der Waals surface area contributed by atoms with Gasteiger partial charge < -0.3 is 14.6 Å². The summed E-state index contributed by atoms with van der Waals surface area (Å²) in [4.78, 5) is 19.4. The summed E-state index contributed by atoms with van der Waals surface area (Å²) in [5, 5.41) is 7.19. The van der Waals surface area contributed by atoms with Crippen molar-refractivity contribution in [3.63, 3.8) is 0 Å². The average Bonchev–Trinajstić information content (AvgIpc) is 3.28. The fraction of sp³-hybridized carbons (Fsp3) is 0.375. The number of amides is 1. The van der Waals surface area contributed by atoms with Crippen LogP contribution in [0.1, 0.15) is 24.3 Å². The van der Waals surface area contributed by atoms with Crippen LogP contribution in [-0.2, 0) is 17.8 Å². The van der Waals surface area contributed by atoms with Gasteiger partial charge in [0.15, 0.2) is 0 Å². The van der Waals surface area contributed by atoms with Crippen molar-refractivity contribution in [2.75, 3.05) is 26.7 Å². The molecule has 2 aromatic carbocycles. The Bertz CT molecular complexity index is 1020. The van der Waals surface area contributed by atoms with Crippen LogP contribution in [0.2, 0.25) is 0 Å². The summed E-state index contributed by atoms with van der Waals surface area (Å²) in [5.74, 6) is 2.09. The van der Waals surface area contributed by atoms with Crippen molar-refractivity contribution in [2.24, 2.45) is 5.92 Å². The molecule has 0 aliphatic carbocycles. The first-order chi connectivity index (χ1) is 15.6. The maximum atomic E-state index is 12.7. The van der Waals surface area contributed by atoms with Gasteiger partial charge in [0.05, 0.1) is 19.6 Å². The van der Waals surface area contributed by atoms with E-state index in [-0.39, 0.29) is 11.8 Å². The summed E-state index contributed by atoms with van der Waals surface area (Å²) in [6.07, 6.45) is 2.68. The van der Waals surface area contributed by atoms with Gasteiger partial charge in [-0.05, 0) is 67.8 Å². The zero-order valence-corrected chi connectivity index (χ0v) is 19.7. The molecule has 0 radical (unpaired) electrons. The summed E-state index contributed by atoms with van der Waals surface area (Å²) in [6, 6.07) is 15.7. The second-order valence-electron chi connectivity index (χ2n) is 7.98. The molecule has 3 aromatic rings. The number of rotatable bonds is 8. The molecule has 1 N–H and O–H groups in total. The van der Waals surface area contributed by atoms with Crippen LogP contribution in [0.3, 0.4) is 0 Å². The number of hydrogen-bond acceptors (Lipinski definition) is 6. The van der Waals surface area contributed by atoms with Gasteiger partial charge in [-0.1, -0.05) is 33.2 Å². The van der Waals surface area contributed by atoms with Crippen LogP contribution in [-0.4, -0.2) is 47.7 Å². The predicted octanol–water partition coefficient (Wildman–Crippen LogP) is 4.08. The highest BCUT2D eigenvalue weighted by Gasteiger charge is 2.26. The lowest BCUT2D eigenvalue weighted by Crippen LogP contribution is -2.43. The van der Waals surface area contributed by atoms with E-state index in [4.69, 9.17) is 9.26 Å². The number of ether oxygens (including phenoxy) is 1. The number of hydrogen-bond donors (Lipinski definition) is 1. The lowest BCUT2D eigenvalue weighted by Gasteiger charge is -2.30. The first-order valence-corrected chi connectivity index (χ1v) is 11.6. The number of nitrogens with zero attached hydrogens (tertiary/aromatic N) is 3. The van der Waals surface area contributed by atoms with Crippen molar-refractivity contribution < 1.29 is 14.1 Å². The Kier molecular flexibility index (Phi) is 7.55. The van der Waals surface area contributed by atoms with Crippen LogP contribution >= 0.6 is 15.9 Å². The highest BCUT2D eigenvalue weighted by atomic mass is 79.9. The normalized spacial score (nSPS) is 16.6. The second-order valence-corrected chi connectivity index (χ2v) is 8.90. The molecule has 0 bridgehead atoms. The minimum Gasteiger partial charge on any atom is -0.497 e. The number of nitrogens with one attached hydrogen (secondary N) is 1. The number of carbonyl (C=O) groups is 1. The quantitative estimate of drug-likeness (QED) is 0.503. The topological polar surface area (TPSA) is 80.5 Å². The van der Waals surface area contributed by atoms with Gasteiger partial charge in [-0.3, -0.25) is 9.69 Å². The van der Waals surface area contributed by atoms with Gasteiger partial charge in [0.1, 0.15) is 5.75 Å². The first kappa shape index (κ1) is 22.5. The van der Waals surface area contributed by atoms with E-state index in [1.807, 2.05) is 48.5 Å². The van der Waals surface area contributed by atoms with Crippen LogP contribution in [0.5, 0.6) is 5.75 Å². The third-order valence-corrected chi connectivity index (χ3v) is 6.21. The Hall–Kier alpha value is -2.71. The van der Waals surface area contributed by atoms with E-state index in [0.29, 0.717) is 31.3 Å². The number of halogens is 1. The van der Waals surface area contributed by atoms with Gasteiger partial charge >= 0.3 is 0 Å². The van der Waals surface area contributed by atoms with Gasteiger partial charge in [0.2, 0.25) is 17.6 Å². The zero-order chi connectivity index (χ0) is 22.3. The standard InChI is InChI=1S/C24H27BrN4O3/c1-31-21-10-4-17(5-11-21)12-13-26-24(30)19-3-2-14-29(15-19)16-22-27-23(28-32-22)18-6-8-20(25)9-7-18/h4-11,19H,2-3,12-16H2,1H3,(H,26,30). The van der Waals surface area contributed by atoms with Gasteiger partial charge in [0.25, 0.3) is 0 Å². The summed E-state index contributed by atoms with van der Waals surface area (Å²) in [7, 11) is 1.66. The summed E-state index contributed by atoms with van der Waals surface area (Å²) < 4.78 is 11.6. The highest BCUT2D eigenvalue weighted by molar-refractivity contribution is 9.10. The molecular formula is C24H27BrN4O3. The van der Waals surface area contributed by atoms with Crippen LogP contribution < -0.4 is 10.1 Å². The van der Waals surface area contributed by atoms with E-state index in [9.17, 15) is 4.79 Å². The van der Waals surface area contributed by atoms with Gasteiger partial charge in [-0.2, -0.15) is 4.98 Å². The van der Waals surface area contributed by atoms with E-state index in [1.54, 1.807) is 7.11 Å². The molecule has 7 nitrogen and oxygen atoms in total. The third-order valence-electron chi connectivity index (χ3n) is 5.68. The van der Waals surface area contributed by atoms with E-state index >= 15 is 0 Å². The van der Waals surface area contributed by atoms with E-state index in [1.165, 1.54) is 5.56 Å². The molecule has 0 spiro atoms. The number of likely N-dealkylation sites (tertiary alicyclic amines) is 1. The van der Waals surface area contributed by atoms with Crippen molar-refractivity contribution in [1.82, 2.24) is 20.4 Å². The fourth-order valence-corrected chi connectivity index (χ4v) is 4.17. The maximum Gasteiger partial charge on any atom is 0.241 e. The number of aromatic nitrogens is 2. The average molecular weight is 499 g/mol. The van der Waals surface area contributed by atoms with E-state index in [2.05, 4.69) is 36.3 Å². The lowest BCUT2D eigenvalue weighted by atomic mass is 9.97. The number of piperidine rings is 1. The van der Waals surface area contributed by atoms with Crippen molar-refractivity contribution in [1.29, 1.82) is 0 Å². The maximum absolute atomic E-state index is 12.7. The Labute approximate surface area is 196 Å². The Morgan fingerprint density at radius 1 is 1.22 bits per heavy atom. The summed E-state index contributed by atoms with van der Waals surface area (Å²) in [5.41, 5.74) is 2.09. The molecule has 1 aliphatic heterocycles. The smallest absolute Gasteiger partial charge is 0.241 e. The monoisotopic (exact) mass is 498 g/mol. The lowest BCUT2D eigenvalue weighted by molar-refractivity contribution is -0.126. The minimum atomic E-state index is -0.0199. The molecule has 168 valence electrons. The van der Waals surface area contributed by atoms with E-state index < -0.39 is 0 Å². The van der Waals surface area contributed by atoms with Gasteiger partial charge in [0, 0.05) is 23.1 Å². The van der Waals surface area contributed by atoms with Crippen molar-refractivity contribution >= 4 is 21.8 Å². The molecule has 1 amide bonds. The summed E-state index contributed by atoms with van der Waals surface area (Å²) in [6.45, 7) is 2.80. The minimum absolute atomic E-state index is 0.0199. The van der Waals surface area contributed by atoms with Crippen LogP contribution in [0.25, 0.3) is 11.4 Å². The molecule has 1 aromatic heterocycles. The van der Waals surface area contributed by atoms with Crippen molar-refractivity contribution in [3.8, 4) is 17.1 Å². The van der Waals surface area contributed by atoms with Crippen molar-refractivity contribution in [2.45, 2.75) is 25.8 Å². The molecule has 1 aliphatic rings. The molecule has 0 saturated carbocycles. The zero-order valence-electron chi connectivity index (χ0n) is 18.1. The van der Waals surface area contributed by atoms with Crippen LogP contribution in [0, 0.1) is 5.92 Å². The molecule has 1 fully saturated rings. The molecule has 4 rings (SSSR count). The molecule has 1 atom stereocenters. The molecule has 8 heteroatoms. The number of methoxy groups -OCH3 is 1. The highest BCUT2D eigenvalue weighted by Crippen LogP contribution is 2.22. The third kappa shape index (κ3) is 5.95. The molecule has 1 unspecified atom stereocenters. The van der Waals surface area contributed by atoms with Gasteiger partial charge in [-0.15, -0.1) is 0 Å². The molecule has 32 heavy (non-hydrogen) atoms. The molecular weight excluding hydrogens is 472 g/mol. The second kappa shape index (κ2) is 10.7. The van der Waals surface area contributed by atoms with Gasteiger partial charge in [-0.25, -0.2) is 0 Å². The van der Waals surface area contributed by atoms with Crippen molar-refractivity contribution in [3.05, 3.63) is 64.5 Å². The fourth-order valence-electron chi connectivity index (χ4n) is 3.91. The SMILES string of the molecule is COc1ccc(CCNC(=O)C2CCCN(Cc3nc(-c4ccc(Br)cc4)no3)C2)cc1. The first-order valence-electron chi connectivity index (χ1n) is 10.8. The largest absolute Gasteiger partial charge is 0.497 e. The Balaban J connectivity index is 1.25. The Morgan fingerprint density at radius 2 is 2.00 bits per heavy atom. The summed E-state index contributed by atoms with van der Waals surface area (Å²) >= 11 is 3.43.